The van der Waals surface area contributed by atoms with Crippen LogP contribution in [0.25, 0.3) is 22.3 Å². The van der Waals surface area contributed by atoms with E-state index in [-0.39, 0.29) is 11.8 Å². The van der Waals surface area contributed by atoms with Crippen molar-refractivity contribution in [2.75, 3.05) is 19.8 Å². The van der Waals surface area contributed by atoms with E-state index >= 15 is 0 Å². The molecule has 0 aliphatic heterocycles. The van der Waals surface area contributed by atoms with Gasteiger partial charge in [0, 0.05) is 0 Å². The Bertz CT molecular complexity index is 1610. The molecule has 0 aliphatic rings. The fourth-order valence-corrected chi connectivity index (χ4v) is 7.19. The first-order valence-corrected chi connectivity index (χ1v) is 19.9. The molecule has 4 aromatic carbocycles. The molecule has 0 heterocycles. The Balaban J connectivity index is 0.000000944. The van der Waals surface area contributed by atoms with E-state index in [0.29, 0.717) is 23.0 Å². The molecule has 8 N–H and O–H groups in total. The zero-order valence-electron chi connectivity index (χ0n) is 31.4. The number of benzene rings is 4. The molecule has 0 atom stereocenters. The van der Waals surface area contributed by atoms with Crippen LogP contribution < -0.4 is 0 Å². The first-order chi connectivity index (χ1) is 24.5. The Morgan fingerprint density at radius 3 is 1.12 bits per heavy atom. The molecule has 11 heteroatoms. The van der Waals surface area contributed by atoms with Crippen molar-refractivity contribution in [2.45, 2.75) is 84.7 Å². The van der Waals surface area contributed by atoms with E-state index in [1.165, 1.54) is 11.1 Å². The second kappa shape index (κ2) is 19.1. The molecule has 284 valence electrons. The Kier molecular flexibility index (Phi) is 16.1. The van der Waals surface area contributed by atoms with Gasteiger partial charge >= 0.3 is 17.2 Å². The third-order valence-corrected chi connectivity index (χ3v) is 10.9. The summed E-state index contributed by atoms with van der Waals surface area (Å²) in [4.78, 5) is 31.3. The van der Waals surface area contributed by atoms with Crippen LogP contribution in [0.2, 0.25) is 0 Å². The number of hydrogen-bond donors (Lipinski definition) is 8. The molecule has 0 fully saturated rings. The van der Waals surface area contributed by atoms with Crippen LogP contribution in [0.5, 0.6) is 0 Å². The molecule has 0 radical (unpaired) electrons. The summed E-state index contributed by atoms with van der Waals surface area (Å²) in [6.07, 6.45) is 0. The summed E-state index contributed by atoms with van der Waals surface area (Å²) >= 11 is 0. The second-order valence-electron chi connectivity index (χ2n) is 14.5. The first kappa shape index (κ1) is 43.8. The van der Waals surface area contributed by atoms with Gasteiger partial charge in [-0.2, -0.15) is 0 Å². The van der Waals surface area contributed by atoms with Gasteiger partial charge in [-0.25, -0.2) is 4.31 Å². The highest BCUT2D eigenvalue weighted by molar-refractivity contribution is 7.53. The van der Waals surface area contributed by atoms with Crippen molar-refractivity contribution < 1.29 is 44.3 Å². The van der Waals surface area contributed by atoms with E-state index in [9.17, 15) is 20.4 Å². The maximum absolute atomic E-state index is 13.4. The summed E-state index contributed by atoms with van der Waals surface area (Å²) in [6.45, 7) is 15.5. The normalized spacial score (nSPS) is 12.4. The van der Waals surface area contributed by atoms with Crippen LogP contribution in [0.1, 0.15) is 112 Å². The van der Waals surface area contributed by atoms with Gasteiger partial charge in [0.05, 0.1) is 25.2 Å². The summed E-state index contributed by atoms with van der Waals surface area (Å²) in [5, 5.41) is 46.3. The van der Waals surface area contributed by atoms with Crippen molar-refractivity contribution in [1.29, 1.82) is 0 Å². The topological polar surface area (TPSA) is 171 Å². The molecule has 9 nitrogen and oxygen atoms in total. The SMILES string of the molecule is CC(C)c1ccc(-c2ccccc2C(O)(c2ccccc2-c2ccc(C(C)C)cc2C(C)C)C(CO)(CO)CO)c(C(C)C)c1.OP(O)OP(O)O. The molecule has 0 saturated heterocycles. The lowest BCUT2D eigenvalue weighted by molar-refractivity contribution is -0.135. The van der Waals surface area contributed by atoms with Crippen LogP contribution in [-0.2, 0) is 9.91 Å². The average Bonchev–Trinajstić information content (AvgIpc) is 3.11. The van der Waals surface area contributed by atoms with Gasteiger partial charge in [0.1, 0.15) is 5.60 Å². The Morgan fingerprint density at radius 2 is 0.846 bits per heavy atom. The monoisotopic (exact) mass is 754 g/mol. The van der Waals surface area contributed by atoms with Crippen molar-refractivity contribution in [1.82, 2.24) is 0 Å². The van der Waals surface area contributed by atoms with Crippen LogP contribution in [0.3, 0.4) is 0 Å². The van der Waals surface area contributed by atoms with Crippen LogP contribution in [0.15, 0.2) is 84.9 Å². The third-order valence-electron chi connectivity index (χ3n) is 9.76. The summed E-state index contributed by atoms with van der Waals surface area (Å²) < 4.78 is 3.60. The quantitative estimate of drug-likeness (QED) is 0.0592. The summed E-state index contributed by atoms with van der Waals surface area (Å²) in [5.41, 5.74) is 5.71. The van der Waals surface area contributed by atoms with Crippen molar-refractivity contribution >= 4 is 17.2 Å². The molecule has 0 aromatic heterocycles. The van der Waals surface area contributed by atoms with Gasteiger partial charge in [-0.05, 0) is 79.3 Å². The second-order valence-corrected chi connectivity index (χ2v) is 16.1. The molecule has 52 heavy (non-hydrogen) atoms. The molecular weight excluding hydrogens is 698 g/mol. The molecule has 0 unspecified atom stereocenters. The summed E-state index contributed by atoms with van der Waals surface area (Å²) in [7, 11) is -5.22. The number of rotatable bonds is 14. The van der Waals surface area contributed by atoms with Gasteiger partial charge in [-0.1, -0.05) is 140 Å². The fourth-order valence-electron chi connectivity index (χ4n) is 6.67. The van der Waals surface area contributed by atoms with E-state index in [2.05, 4.69) is 96.1 Å². The molecule has 0 bridgehead atoms. The van der Waals surface area contributed by atoms with Gasteiger partial charge < -0.3 is 40.0 Å². The molecule has 0 spiro atoms. The zero-order valence-corrected chi connectivity index (χ0v) is 33.2. The van der Waals surface area contributed by atoms with Gasteiger partial charge in [-0.3, -0.25) is 0 Å². The van der Waals surface area contributed by atoms with E-state index < -0.39 is 48.0 Å². The van der Waals surface area contributed by atoms with E-state index in [0.717, 1.165) is 33.4 Å². The standard InChI is InChI=1S/C41H52O4.H4O5P2/c1-26(2)30-17-19-32(36(21-30)28(5)6)34-13-9-11-15-38(34)41(45,40(23-42,24-43)25-44)39-16-12-10-14-35(39)33-20-18-31(27(3)4)22-37(33)29(7)8;1-6(2)5-7(3)4/h9-22,26-29,42-45H,23-25H2,1-8H3;1-4H. The van der Waals surface area contributed by atoms with E-state index in [1.807, 2.05) is 48.5 Å². The molecule has 4 aromatic rings. The van der Waals surface area contributed by atoms with Crippen LogP contribution >= 0.6 is 17.2 Å². The van der Waals surface area contributed by atoms with Crippen molar-refractivity contribution in [2.24, 2.45) is 5.41 Å². The Labute approximate surface area is 311 Å². The number of aliphatic hydroxyl groups excluding tert-OH is 3. The number of hydrogen-bond acceptors (Lipinski definition) is 9. The van der Waals surface area contributed by atoms with Gasteiger partial charge in [0.15, 0.2) is 0 Å². The minimum absolute atomic E-state index is 0.207. The molecular formula is C41H56O9P2. The largest absolute Gasteiger partial charge is 0.395 e. The molecule has 0 amide bonds. The summed E-state index contributed by atoms with van der Waals surface area (Å²) in [6, 6.07) is 28.4. The Morgan fingerprint density at radius 1 is 0.500 bits per heavy atom. The fraction of sp³-hybridized carbons (Fsp3) is 0.415. The minimum Gasteiger partial charge on any atom is -0.395 e. The smallest absolute Gasteiger partial charge is 0.334 e. The van der Waals surface area contributed by atoms with Crippen LogP contribution in [0.4, 0.5) is 0 Å². The lowest BCUT2D eigenvalue weighted by atomic mass is 9.63. The van der Waals surface area contributed by atoms with Gasteiger partial charge in [0.2, 0.25) is 0 Å². The number of aliphatic hydroxyl groups is 4. The predicted octanol–water partition coefficient (Wildman–Crippen LogP) is 8.14. The first-order valence-electron chi connectivity index (χ1n) is 17.6. The highest BCUT2D eigenvalue weighted by Gasteiger charge is 2.54. The van der Waals surface area contributed by atoms with E-state index in [4.69, 9.17) is 19.6 Å². The average molecular weight is 755 g/mol. The maximum atomic E-state index is 13.4. The van der Waals surface area contributed by atoms with Gasteiger partial charge in [0.25, 0.3) is 0 Å². The molecule has 4 rings (SSSR count). The van der Waals surface area contributed by atoms with Crippen LogP contribution in [-0.4, -0.2) is 59.8 Å². The zero-order chi connectivity index (χ0) is 39.0. The van der Waals surface area contributed by atoms with Crippen molar-refractivity contribution in [3.8, 4) is 22.3 Å². The highest BCUT2D eigenvalue weighted by Crippen LogP contribution is 2.52. The minimum atomic E-state index is -2.61. The molecule has 0 aliphatic carbocycles. The van der Waals surface area contributed by atoms with Crippen LogP contribution in [0, 0.1) is 5.41 Å². The van der Waals surface area contributed by atoms with E-state index in [1.54, 1.807) is 0 Å². The third kappa shape index (κ3) is 9.54. The Hall–Kier alpha value is -2.62. The predicted molar refractivity (Wildman–Crippen MR) is 211 cm³/mol. The lowest BCUT2D eigenvalue weighted by Gasteiger charge is -2.46. The van der Waals surface area contributed by atoms with Crippen molar-refractivity contribution in [3.05, 3.63) is 118 Å². The maximum Gasteiger partial charge on any atom is 0.334 e. The molecule has 0 saturated carbocycles. The summed E-state index contributed by atoms with van der Waals surface area (Å²) in [5.74, 6) is 1.13. The lowest BCUT2D eigenvalue weighted by Crippen LogP contribution is -2.54. The highest BCUT2D eigenvalue weighted by atomic mass is 31.2. The van der Waals surface area contributed by atoms with Gasteiger partial charge in [-0.15, -0.1) is 0 Å². The van der Waals surface area contributed by atoms with Crippen molar-refractivity contribution in [3.63, 3.8) is 0 Å².